The molecule has 2 aromatic heterocycles. The van der Waals surface area contributed by atoms with Crippen molar-refractivity contribution in [2.24, 2.45) is 5.41 Å². The number of anilines is 1. The van der Waals surface area contributed by atoms with Crippen LogP contribution >= 0.6 is 0 Å². The highest BCUT2D eigenvalue weighted by Gasteiger charge is 2.32. The van der Waals surface area contributed by atoms with Crippen LogP contribution in [-0.2, 0) is 13.0 Å². The van der Waals surface area contributed by atoms with E-state index in [0.29, 0.717) is 30.4 Å². The van der Waals surface area contributed by atoms with E-state index in [1.54, 1.807) is 37.1 Å². The average Bonchev–Trinajstić information content (AvgIpc) is 2.77. The summed E-state index contributed by atoms with van der Waals surface area (Å²) in [6, 6.07) is 9.11. The van der Waals surface area contributed by atoms with Gasteiger partial charge in [-0.05, 0) is 36.2 Å². The van der Waals surface area contributed by atoms with Gasteiger partial charge in [-0.25, -0.2) is 15.0 Å². The van der Waals surface area contributed by atoms with Gasteiger partial charge in [0.25, 0.3) is 5.56 Å². The molecule has 1 aliphatic heterocycles. The van der Waals surface area contributed by atoms with Crippen LogP contribution in [0, 0.1) is 5.41 Å². The summed E-state index contributed by atoms with van der Waals surface area (Å²) in [6.45, 7) is 6.43. The second-order valence-corrected chi connectivity index (χ2v) is 8.47. The number of ether oxygens (including phenoxy) is 2. The number of nitrogens with zero attached hydrogens (tertiary/aromatic N) is 5. The highest BCUT2D eigenvalue weighted by atomic mass is 16.5. The third kappa shape index (κ3) is 4.38. The van der Waals surface area contributed by atoms with Gasteiger partial charge in [0.05, 0.1) is 25.6 Å². The first-order valence-electron chi connectivity index (χ1n) is 10.2. The van der Waals surface area contributed by atoms with Crippen LogP contribution in [0.1, 0.15) is 19.4 Å². The Labute approximate surface area is 181 Å². The van der Waals surface area contributed by atoms with Gasteiger partial charge in [-0.15, -0.1) is 0 Å². The van der Waals surface area contributed by atoms with Crippen molar-refractivity contribution < 1.29 is 9.47 Å². The Balaban J connectivity index is 1.70. The minimum atomic E-state index is -0.0738. The lowest BCUT2D eigenvalue weighted by Gasteiger charge is -2.40. The van der Waals surface area contributed by atoms with E-state index in [2.05, 4.69) is 28.7 Å². The van der Waals surface area contributed by atoms with Gasteiger partial charge in [-0.3, -0.25) is 9.36 Å². The predicted octanol–water partition coefficient (Wildman–Crippen LogP) is 2.81. The van der Waals surface area contributed by atoms with Crippen molar-refractivity contribution in [3.8, 4) is 22.9 Å². The van der Waals surface area contributed by atoms with Crippen LogP contribution in [0.3, 0.4) is 0 Å². The molecule has 8 heteroatoms. The molecule has 0 radical (unpaired) electrons. The van der Waals surface area contributed by atoms with E-state index in [9.17, 15) is 4.79 Å². The number of hydrogen-bond donors (Lipinski definition) is 0. The molecular formula is C23H27N5O3. The first kappa shape index (κ1) is 20.8. The molecule has 0 fully saturated rings. The molecule has 0 unspecified atom stereocenters. The normalized spacial score (nSPS) is 14.8. The van der Waals surface area contributed by atoms with Crippen molar-refractivity contribution in [3.05, 3.63) is 58.8 Å². The van der Waals surface area contributed by atoms with E-state index in [1.807, 2.05) is 18.2 Å². The van der Waals surface area contributed by atoms with E-state index in [0.717, 1.165) is 30.0 Å². The molecule has 3 heterocycles. The summed E-state index contributed by atoms with van der Waals surface area (Å²) in [5.74, 6) is 2.27. The molecule has 162 valence electrons. The minimum absolute atomic E-state index is 0.0621. The molecule has 0 saturated carbocycles. The fraction of sp³-hybridized carbons (Fsp3) is 0.391. The van der Waals surface area contributed by atoms with Gasteiger partial charge in [0.1, 0.15) is 17.8 Å². The Kier molecular flexibility index (Phi) is 5.63. The third-order valence-corrected chi connectivity index (χ3v) is 5.46. The van der Waals surface area contributed by atoms with Gasteiger partial charge in [-0.1, -0.05) is 13.8 Å². The second kappa shape index (κ2) is 8.37. The molecule has 4 rings (SSSR count). The number of rotatable bonds is 6. The fourth-order valence-corrected chi connectivity index (χ4v) is 4.03. The quantitative estimate of drug-likeness (QED) is 0.605. The number of methoxy groups -OCH3 is 2. The zero-order valence-corrected chi connectivity index (χ0v) is 18.3. The van der Waals surface area contributed by atoms with Crippen LogP contribution in [0.4, 0.5) is 5.95 Å². The highest BCUT2D eigenvalue weighted by Crippen LogP contribution is 2.31. The van der Waals surface area contributed by atoms with Crippen molar-refractivity contribution in [2.45, 2.75) is 26.8 Å². The Hall–Kier alpha value is -3.42. The van der Waals surface area contributed by atoms with Gasteiger partial charge in [0.2, 0.25) is 5.95 Å². The summed E-state index contributed by atoms with van der Waals surface area (Å²) < 4.78 is 12.7. The number of benzene rings is 1. The van der Waals surface area contributed by atoms with Crippen LogP contribution in [0.25, 0.3) is 11.4 Å². The average molecular weight is 422 g/mol. The number of aromatic nitrogens is 4. The maximum absolute atomic E-state index is 13.0. The van der Waals surface area contributed by atoms with Gasteiger partial charge < -0.3 is 14.4 Å². The number of fused-ring (bicyclic) bond motifs is 1. The summed E-state index contributed by atoms with van der Waals surface area (Å²) in [4.78, 5) is 28.2. The van der Waals surface area contributed by atoms with Gasteiger partial charge in [-0.2, -0.15) is 0 Å². The SMILES string of the molecule is COc1ccc(OC)c(CCN2CC(C)(C)Cn3c2nc(-c2ccncn2)cc3=O)c1. The first-order valence-corrected chi connectivity index (χ1v) is 10.2. The zero-order chi connectivity index (χ0) is 22.0. The molecular weight excluding hydrogens is 394 g/mol. The molecule has 0 amide bonds. The molecule has 0 bridgehead atoms. The van der Waals surface area contributed by atoms with Crippen molar-refractivity contribution >= 4 is 5.95 Å². The van der Waals surface area contributed by atoms with Gasteiger partial charge in [0.15, 0.2) is 0 Å². The Morgan fingerprint density at radius 2 is 1.90 bits per heavy atom. The number of hydrogen-bond acceptors (Lipinski definition) is 7. The molecule has 8 nitrogen and oxygen atoms in total. The Morgan fingerprint density at radius 3 is 2.61 bits per heavy atom. The van der Waals surface area contributed by atoms with E-state index >= 15 is 0 Å². The van der Waals surface area contributed by atoms with Gasteiger partial charge >= 0.3 is 0 Å². The molecule has 3 aromatic rings. The third-order valence-electron chi connectivity index (χ3n) is 5.46. The predicted molar refractivity (Wildman–Crippen MR) is 119 cm³/mol. The van der Waals surface area contributed by atoms with Crippen LogP contribution in [0.15, 0.2) is 47.7 Å². The van der Waals surface area contributed by atoms with Crippen molar-refractivity contribution in [3.63, 3.8) is 0 Å². The lowest BCUT2D eigenvalue weighted by molar-refractivity contribution is 0.274. The van der Waals surface area contributed by atoms with Crippen molar-refractivity contribution in [1.29, 1.82) is 0 Å². The maximum atomic E-state index is 13.0. The topological polar surface area (TPSA) is 82.4 Å². The molecule has 0 spiro atoms. The van der Waals surface area contributed by atoms with Crippen LogP contribution in [0.5, 0.6) is 11.5 Å². The van der Waals surface area contributed by atoms with Gasteiger partial charge in [0, 0.05) is 37.3 Å². The van der Waals surface area contributed by atoms with Crippen LogP contribution in [-0.4, -0.2) is 46.8 Å². The lowest BCUT2D eigenvalue weighted by atomic mass is 9.90. The molecule has 31 heavy (non-hydrogen) atoms. The summed E-state index contributed by atoms with van der Waals surface area (Å²) >= 11 is 0. The highest BCUT2D eigenvalue weighted by molar-refractivity contribution is 5.55. The standard InChI is InChI=1S/C23H27N5O3/c1-23(2)13-27(10-8-16-11-17(30-3)5-6-20(16)31-4)22-26-19(12-21(29)28(22)14-23)18-7-9-24-15-25-18/h5-7,9,11-12,15H,8,10,13-14H2,1-4H3. The summed E-state index contributed by atoms with van der Waals surface area (Å²) in [6.07, 6.45) is 3.84. The monoisotopic (exact) mass is 421 g/mol. The van der Waals surface area contributed by atoms with Crippen LogP contribution in [0.2, 0.25) is 0 Å². The van der Waals surface area contributed by atoms with Crippen LogP contribution < -0.4 is 19.9 Å². The van der Waals surface area contributed by atoms with Crippen molar-refractivity contribution in [2.75, 3.05) is 32.2 Å². The molecule has 0 aliphatic carbocycles. The molecule has 0 saturated heterocycles. The lowest BCUT2D eigenvalue weighted by Crippen LogP contribution is -2.48. The largest absolute Gasteiger partial charge is 0.497 e. The maximum Gasteiger partial charge on any atom is 0.255 e. The molecule has 1 aliphatic rings. The summed E-state index contributed by atoms with van der Waals surface area (Å²) in [5.41, 5.74) is 2.10. The molecule has 0 N–H and O–H groups in total. The summed E-state index contributed by atoms with van der Waals surface area (Å²) in [7, 11) is 3.32. The molecule has 1 aromatic carbocycles. The fourth-order valence-electron chi connectivity index (χ4n) is 4.03. The van der Waals surface area contributed by atoms with E-state index < -0.39 is 0 Å². The zero-order valence-electron chi connectivity index (χ0n) is 18.3. The van der Waals surface area contributed by atoms with E-state index in [1.165, 1.54) is 6.33 Å². The minimum Gasteiger partial charge on any atom is -0.497 e. The first-order chi connectivity index (χ1) is 14.9. The van der Waals surface area contributed by atoms with E-state index in [-0.39, 0.29) is 11.0 Å². The Bertz CT molecular complexity index is 1130. The van der Waals surface area contributed by atoms with Crippen molar-refractivity contribution in [1.82, 2.24) is 19.5 Å². The Morgan fingerprint density at radius 1 is 1.06 bits per heavy atom. The molecule has 0 atom stereocenters. The van der Waals surface area contributed by atoms with E-state index in [4.69, 9.17) is 14.5 Å². The second-order valence-electron chi connectivity index (χ2n) is 8.47. The summed E-state index contributed by atoms with van der Waals surface area (Å²) in [5, 5.41) is 0. The smallest absolute Gasteiger partial charge is 0.255 e.